The van der Waals surface area contributed by atoms with Crippen LogP contribution in [-0.2, 0) is 0 Å². The Bertz CT molecular complexity index is 239. The van der Waals surface area contributed by atoms with Crippen LogP contribution in [0, 0.1) is 5.92 Å². The van der Waals surface area contributed by atoms with Gasteiger partial charge in [0.15, 0.2) is 0 Å². The second-order valence-corrected chi connectivity index (χ2v) is 6.47. The highest BCUT2D eigenvalue weighted by molar-refractivity contribution is 4.88. The van der Waals surface area contributed by atoms with E-state index in [4.69, 9.17) is 0 Å². The molecule has 2 unspecified atom stereocenters. The Morgan fingerprint density at radius 3 is 2.56 bits per heavy atom. The lowest BCUT2D eigenvalue weighted by atomic mass is 9.96. The second-order valence-electron chi connectivity index (χ2n) is 6.47. The van der Waals surface area contributed by atoms with Crippen molar-refractivity contribution >= 4 is 0 Å². The summed E-state index contributed by atoms with van der Waals surface area (Å²) in [5.41, 5.74) is 0. The van der Waals surface area contributed by atoms with E-state index in [9.17, 15) is 5.11 Å². The zero-order chi connectivity index (χ0) is 13.0. The van der Waals surface area contributed by atoms with Crippen LogP contribution in [0.2, 0.25) is 0 Å². The van der Waals surface area contributed by atoms with Gasteiger partial charge in [-0.15, -0.1) is 0 Å². The zero-order valence-electron chi connectivity index (χ0n) is 12.1. The molecular weight excluding hydrogens is 224 g/mol. The molecule has 2 aliphatic rings. The number of β-amino-alcohol motifs (C(OH)–C–C–N with tert-alkyl or cyclic N) is 1. The summed E-state index contributed by atoms with van der Waals surface area (Å²) in [6.45, 7) is 7.04. The second kappa shape index (κ2) is 6.88. The number of aliphatic hydroxyl groups is 1. The third kappa shape index (κ3) is 3.94. The van der Waals surface area contributed by atoms with Crippen LogP contribution in [0.5, 0.6) is 0 Å². The van der Waals surface area contributed by atoms with E-state index in [2.05, 4.69) is 24.1 Å². The summed E-state index contributed by atoms with van der Waals surface area (Å²) in [4.78, 5) is 2.56. The molecule has 0 spiro atoms. The highest BCUT2D eigenvalue weighted by Gasteiger charge is 2.33. The fraction of sp³-hybridized carbons (Fsp3) is 1.00. The summed E-state index contributed by atoms with van der Waals surface area (Å²) in [5, 5.41) is 13.4. The van der Waals surface area contributed by atoms with Gasteiger partial charge < -0.3 is 10.4 Å². The molecule has 1 saturated heterocycles. The van der Waals surface area contributed by atoms with Gasteiger partial charge in [0.2, 0.25) is 0 Å². The van der Waals surface area contributed by atoms with Crippen molar-refractivity contribution in [3.05, 3.63) is 0 Å². The third-order valence-corrected chi connectivity index (χ3v) is 4.57. The molecule has 1 saturated carbocycles. The van der Waals surface area contributed by atoms with Gasteiger partial charge in [-0.05, 0) is 38.1 Å². The molecule has 0 amide bonds. The van der Waals surface area contributed by atoms with Crippen LogP contribution < -0.4 is 5.32 Å². The molecule has 2 fully saturated rings. The Morgan fingerprint density at radius 2 is 1.89 bits per heavy atom. The van der Waals surface area contributed by atoms with Crippen LogP contribution in [0.1, 0.15) is 52.4 Å². The molecule has 0 bridgehead atoms. The van der Waals surface area contributed by atoms with Gasteiger partial charge >= 0.3 is 0 Å². The maximum Gasteiger partial charge on any atom is 0.0791 e. The molecule has 0 aromatic carbocycles. The van der Waals surface area contributed by atoms with Crippen LogP contribution in [0.4, 0.5) is 0 Å². The van der Waals surface area contributed by atoms with Crippen molar-refractivity contribution in [2.24, 2.45) is 5.92 Å². The molecule has 2 N–H and O–H groups in total. The van der Waals surface area contributed by atoms with Gasteiger partial charge in [-0.1, -0.05) is 26.7 Å². The minimum absolute atomic E-state index is 0.214. The average molecular weight is 254 g/mol. The fourth-order valence-electron chi connectivity index (χ4n) is 3.66. The Balaban J connectivity index is 1.76. The van der Waals surface area contributed by atoms with Crippen molar-refractivity contribution in [2.45, 2.75) is 70.6 Å². The molecular formula is C15H30N2O. The monoisotopic (exact) mass is 254 g/mol. The third-order valence-electron chi connectivity index (χ3n) is 4.57. The van der Waals surface area contributed by atoms with Crippen molar-refractivity contribution in [3.63, 3.8) is 0 Å². The van der Waals surface area contributed by atoms with E-state index in [1.807, 2.05) is 0 Å². The predicted octanol–water partition coefficient (Wildman–Crippen LogP) is 2.00. The number of nitrogens with zero attached hydrogens (tertiary/aromatic N) is 1. The van der Waals surface area contributed by atoms with E-state index >= 15 is 0 Å². The van der Waals surface area contributed by atoms with E-state index in [1.165, 1.54) is 45.1 Å². The van der Waals surface area contributed by atoms with Gasteiger partial charge in [0.25, 0.3) is 0 Å². The number of rotatable bonds is 6. The molecule has 106 valence electrons. The van der Waals surface area contributed by atoms with Crippen LogP contribution in [0.25, 0.3) is 0 Å². The molecule has 18 heavy (non-hydrogen) atoms. The van der Waals surface area contributed by atoms with Crippen LogP contribution in [-0.4, -0.2) is 47.8 Å². The maximum atomic E-state index is 10.1. The lowest BCUT2D eigenvalue weighted by Gasteiger charge is -2.31. The van der Waals surface area contributed by atoms with Crippen molar-refractivity contribution in [1.29, 1.82) is 0 Å². The standard InChI is InChI=1S/C15H30N2O/c1-12(2)16-10-14(18)11-17-9-5-8-15(17)13-6-3-4-7-13/h12-16,18H,3-11H2,1-2H3. The highest BCUT2D eigenvalue weighted by atomic mass is 16.3. The molecule has 2 atom stereocenters. The van der Waals surface area contributed by atoms with E-state index < -0.39 is 0 Å². The van der Waals surface area contributed by atoms with Crippen LogP contribution >= 0.6 is 0 Å². The van der Waals surface area contributed by atoms with Gasteiger partial charge in [-0.2, -0.15) is 0 Å². The van der Waals surface area contributed by atoms with Crippen molar-refractivity contribution in [3.8, 4) is 0 Å². The summed E-state index contributed by atoms with van der Waals surface area (Å²) < 4.78 is 0. The Kier molecular flexibility index (Phi) is 5.46. The molecule has 0 aromatic rings. The van der Waals surface area contributed by atoms with E-state index in [-0.39, 0.29) is 6.10 Å². The lowest BCUT2D eigenvalue weighted by Crippen LogP contribution is -2.43. The Hall–Kier alpha value is -0.120. The summed E-state index contributed by atoms with van der Waals surface area (Å²) in [7, 11) is 0. The highest BCUT2D eigenvalue weighted by Crippen LogP contribution is 2.35. The van der Waals surface area contributed by atoms with Gasteiger partial charge in [0, 0.05) is 25.2 Å². The van der Waals surface area contributed by atoms with E-state index in [0.717, 1.165) is 25.0 Å². The summed E-state index contributed by atoms with van der Waals surface area (Å²) in [5.74, 6) is 0.915. The van der Waals surface area contributed by atoms with Gasteiger partial charge in [0.1, 0.15) is 0 Å². The van der Waals surface area contributed by atoms with Crippen molar-refractivity contribution < 1.29 is 5.11 Å². The topological polar surface area (TPSA) is 35.5 Å². The Labute approximate surface area is 112 Å². The minimum atomic E-state index is -0.214. The summed E-state index contributed by atoms with van der Waals surface area (Å²) >= 11 is 0. The van der Waals surface area contributed by atoms with Gasteiger partial charge in [0.05, 0.1) is 6.10 Å². The van der Waals surface area contributed by atoms with Crippen molar-refractivity contribution in [2.75, 3.05) is 19.6 Å². The van der Waals surface area contributed by atoms with Gasteiger partial charge in [-0.25, -0.2) is 0 Å². The summed E-state index contributed by atoms with van der Waals surface area (Å²) in [6, 6.07) is 1.23. The predicted molar refractivity (Wildman–Crippen MR) is 75.7 cm³/mol. The number of likely N-dealkylation sites (tertiary alicyclic amines) is 1. The normalized spacial score (nSPS) is 28.3. The minimum Gasteiger partial charge on any atom is -0.390 e. The zero-order valence-corrected chi connectivity index (χ0v) is 12.1. The van der Waals surface area contributed by atoms with Crippen molar-refractivity contribution in [1.82, 2.24) is 10.2 Å². The largest absolute Gasteiger partial charge is 0.390 e. The average Bonchev–Trinajstić information content (AvgIpc) is 2.95. The quantitative estimate of drug-likeness (QED) is 0.761. The molecule has 1 aliphatic heterocycles. The molecule has 2 rings (SSSR count). The van der Waals surface area contributed by atoms with E-state index in [0.29, 0.717) is 6.04 Å². The van der Waals surface area contributed by atoms with Crippen LogP contribution in [0.3, 0.4) is 0 Å². The first-order valence-corrected chi connectivity index (χ1v) is 7.82. The summed E-state index contributed by atoms with van der Waals surface area (Å²) in [6.07, 6.45) is 8.15. The number of nitrogens with one attached hydrogen (secondary N) is 1. The Morgan fingerprint density at radius 1 is 1.17 bits per heavy atom. The fourth-order valence-corrected chi connectivity index (χ4v) is 3.66. The van der Waals surface area contributed by atoms with E-state index in [1.54, 1.807) is 0 Å². The first kappa shape index (κ1) is 14.3. The number of aliphatic hydroxyl groups excluding tert-OH is 1. The molecule has 1 heterocycles. The number of hydrogen-bond donors (Lipinski definition) is 2. The first-order chi connectivity index (χ1) is 8.66. The smallest absolute Gasteiger partial charge is 0.0791 e. The maximum absolute atomic E-state index is 10.1. The van der Waals surface area contributed by atoms with Crippen LogP contribution in [0.15, 0.2) is 0 Å². The molecule has 1 aliphatic carbocycles. The lowest BCUT2D eigenvalue weighted by molar-refractivity contribution is 0.0875. The molecule has 3 heteroatoms. The van der Waals surface area contributed by atoms with Gasteiger partial charge in [-0.3, -0.25) is 4.90 Å². The SMILES string of the molecule is CC(C)NCC(O)CN1CCCC1C1CCCC1. The molecule has 0 aromatic heterocycles. The first-order valence-electron chi connectivity index (χ1n) is 7.82. The molecule has 0 radical (unpaired) electrons. The molecule has 3 nitrogen and oxygen atoms in total. The number of hydrogen-bond acceptors (Lipinski definition) is 3.